The molecule has 0 fully saturated rings. The largest absolute Gasteiger partial charge is 0.455 e. The fraction of sp³-hybridized carbons (Fsp3) is 0.250. The van der Waals surface area contributed by atoms with Gasteiger partial charge in [0.1, 0.15) is 0 Å². The molecular weight excluding hydrogens is 398 g/mol. The van der Waals surface area contributed by atoms with E-state index in [0.717, 1.165) is 15.8 Å². The average Bonchev–Trinajstić information content (AvgIpc) is 3.02. The maximum Gasteiger partial charge on any atom is 0.316 e. The van der Waals surface area contributed by atoms with Gasteiger partial charge in [-0.1, -0.05) is 28.1 Å². The Hall–Kier alpha value is -1.31. The quantitative estimate of drug-likeness (QED) is 0.689. The van der Waals surface area contributed by atoms with Crippen molar-refractivity contribution in [2.24, 2.45) is 0 Å². The minimum atomic E-state index is -0.383. The van der Waals surface area contributed by atoms with Crippen molar-refractivity contribution in [2.75, 3.05) is 17.7 Å². The van der Waals surface area contributed by atoms with E-state index < -0.39 is 0 Å². The van der Waals surface area contributed by atoms with Gasteiger partial charge in [0.2, 0.25) is 0 Å². The first kappa shape index (κ1) is 18.0. The van der Waals surface area contributed by atoms with Crippen molar-refractivity contribution in [3.8, 4) is 0 Å². The number of rotatable bonds is 7. The van der Waals surface area contributed by atoms with Gasteiger partial charge in [0.05, 0.1) is 5.75 Å². The van der Waals surface area contributed by atoms with E-state index in [4.69, 9.17) is 4.74 Å². The molecule has 122 valence electrons. The number of carbonyl (C=O) groups is 2. The van der Waals surface area contributed by atoms with Crippen LogP contribution in [-0.2, 0) is 20.1 Å². The van der Waals surface area contributed by atoms with E-state index in [9.17, 15) is 9.59 Å². The first-order valence-electron chi connectivity index (χ1n) is 6.86. The smallest absolute Gasteiger partial charge is 0.316 e. The number of hydrogen-bond donors (Lipinski definition) is 1. The number of hydrogen-bond acceptors (Lipinski definition) is 5. The van der Waals surface area contributed by atoms with Gasteiger partial charge in [-0.2, -0.15) is 0 Å². The molecular formula is C16H16BrNO3S2. The summed E-state index contributed by atoms with van der Waals surface area (Å²) in [6.45, 7) is 1.69. The van der Waals surface area contributed by atoms with Crippen LogP contribution in [0.2, 0.25) is 0 Å². The Kier molecular flexibility index (Phi) is 7.14. The molecule has 7 heteroatoms. The molecule has 0 atom stereocenters. The average molecular weight is 414 g/mol. The molecule has 0 aliphatic carbocycles. The highest BCUT2D eigenvalue weighted by molar-refractivity contribution is 9.10. The lowest BCUT2D eigenvalue weighted by Crippen LogP contribution is -2.21. The Morgan fingerprint density at radius 1 is 1.35 bits per heavy atom. The number of thiophene rings is 1. The molecule has 0 aliphatic rings. The first-order chi connectivity index (χ1) is 11.0. The fourth-order valence-electron chi connectivity index (χ4n) is 1.69. The molecule has 0 bridgehead atoms. The fourth-order valence-corrected chi connectivity index (χ4v) is 3.72. The zero-order valence-electron chi connectivity index (χ0n) is 12.5. The Morgan fingerprint density at radius 2 is 2.17 bits per heavy atom. The molecule has 0 radical (unpaired) electrons. The van der Waals surface area contributed by atoms with E-state index in [0.29, 0.717) is 5.69 Å². The number of aryl methyl sites for hydroxylation is 1. The lowest BCUT2D eigenvalue weighted by atomic mass is 10.2. The van der Waals surface area contributed by atoms with Gasteiger partial charge >= 0.3 is 5.97 Å². The molecule has 0 saturated carbocycles. The number of benzene rings is 1. The van der Waals surface area contributed by atoms with Gasteiger partial charge in [-0.3, -0.25) is 9.59 Å². The maximum atomic E-state index is 11.8. The van der Waals surface area contributed by atoms with Crippen molar-refractivity contribution >= 4 is 56.6 Å². The van der Waals surface area contributed by atoms with Gasteiger partial charge in [-0.15, -0.1) is 23.1 Å². The summed E-state index contributed by atoms with van der Waals surface area (Å²) in [5, 5.41) is 4.69. The number of amides is 1. The normalized spacial score (nSPS) is 10.3. The van der Waals surface area contributed by atoms with Gasteiger partial charge in [0.15, 0.2) is 6.61 Å². The number of thioether (sulfide) groups is 1. The standard InChI is InChI=1S/C16H16BrNO3S2/c1-11-4-5-12(7-14(11)17)18-15(19)8-21-16(20)10-22-9-13-3-2-6-23-13/h2-7H,8-10H2,1H3,(H,18,19). The number of carbonyl (C=O) groups excluding carboxylic acids is 2. The Bertz CT molecular complexity index is 674. The summed E-state index contributed by atoms with van der Waals surface area (Å²) in [6, 6.07) is 9.51. The van der Waals surface area contributed by atoms with Gasteiger partial charge in [0, 0.05) is 20.8 Å². The summed E-state index contributed by atoms with van der Waals surface area (Å²) in [6.07, 6.45) is 0. The second kappa shape index (κ2) is 9.10. The summed E-state index contributed by atoms with van der Waals surface area (Å²) in [7, 11) is 0. The topological polar surface area (TPSA) is 55.4 Å². The second-order valence-electron chi connectivity index (χ2n) is 4.74. The van der Waals surface area contributed by atoms with Crippen LogP contribution in [0.15, 0.2) is 40.2 Å². The monoisotopic (exact) mass is 413 g/mol. The third kappa shape index (κ3) is 6.37. The van der Waals surface area contributed by atoms with Crippen molar-refractivity contribution in [3.63, 3.8) is 0 Å². The first-order valence-corrected chi connectivity index (χ1v) is 9.69. The predicted molar refractivity (Wildman–Crippen MR) is 98.9 cm³/mol. The van der Waals surface area contributed by atoms with Crippen molar-refractivity contribution in [1.29, 1.82) is 0 Å². The summed E-state index contributed by atoms with van der Waals surface area (Å²) in [5.41, 5.74) is 1.74. The van der Waals surface area contributed by atoms with Crippen LogP contribution in [0, 0.1) is 6.92 Å². The SMILES string of the molecule is Cc1ccc(NC(=O)COC(=O)CSCc2cccs2)cc1Br. The highest BCUT2D eigenvalue weighted by Gasteiger charge is 2.09. The lowest BCUT2D eigenvalue weighted by molar-refractivity contribution is -0.144. The third-order valence-electron chi connectivity index (χ3n) is 2.86. The summed E-state index contributed by atoms with van der Waals surface area (Å²) in [5.74, 6) is 0.279. The van der Waals surface area contributed by atoms with E-state index in [-0.39, 0.29) is 24.2 Å². The molecule has 2 aromatic rings. The van der Waals surface area contributed by atoms with Crippen LogP contribution in [-0.4, -0.2) is 24.2 Å². The Morgan fingerprint density at radius 3 is 2.87 bits per heavy atom. The van der Waals surface area contributed by atoms with Crippen molar-refractivity contribution in [2.45, 2.75) is 12.7 Å². The van der Waals surface area contributed by atoms with E-state index in [1.807, 2.05) is 36.6 Å². The van der Waals surface area contributed by atoms with E-state index in [1.54, 1.807) is 17.4 Å². The molecule has 4 nitrogen and oxygen atoms in total. The van der Waals surface area contributed by atoms with E-state index in [2.05, 4.69) is 21.2 Å². The summed E-state index contributed by atoms with van der Waals surface area (Å²) < 4.78 is 5.88. The van der Waals surface area contributed by atoms with Crippen LogP contribution in [0.25, 0.3) is 0 Å². The van der Waals surface area contributed by atoms with Crippen LogP contribution < -0.4 is 5.32 Å². The lowest BCUT2D eigenvalue weighted by Gasteiger charge is -2.08. The molecule has 0 spiro atoms. The molecule has 23 heavy (non-hydrogen) atoms. The van der Waals surface area contributed by atoms with Crippen LogP contribution in [0.5, 0.6) is 0 Å². The molecule has 1 N–H and O–H groups in total. The zero-order chi connectivity index (χ0) is 16.7. The van der Waals surface area contributed by atoms with Gasteiger partial charge in [-0.25, -0.2) is 0 Å². The molecule has 1 amide bonds. The van der Waals surface area contributed by atoms with Gasteiger partial charge in [0.25, 0.3) is 5.91 Å². The number of esters is 1. The van der Waals surface area contributed by atoms with E-state index >= 15 is 0 Å². The van der Waals surface area contributed by atoms with Crippen LogP contribution in [0.3, 0.4) is 0 Å². The Labute approximate surface area is 151 Å². The van der Waals surface area contributed by atoms with Crippen LogP contribution in [0.1, 0.15) is 10.4 Å². The highest BCUT2D eigenvalue weighted by Crippen LogP contribution is 2.20. The molecule has 2 rings (SSSR count). The van der Waals surface area contributed by atoms with Gasteiger partial charge in [-0.05, 0) is 36.1 Å². The van der Waals surface area contributed by atoms with E-state index in [1.165, 1.54) is 16.6 Å². The molecule has 0 unspecified atom stereocenters. The number of anilines is 1. The molecule has 1 heterocycles. The van der Waals surface area contributed by atoms with Crippen LogP contribution >= 0.6 is 39.0 Å². The molecule has 0 saturated heterocycles. The second-order valence-corrected chi connectivity index (χ2v) is 7.62. The minimum absolute atomic E-state index is 0.237. The van der Waals surface area contributed by atoms with Crippen molar-refractivity contribution in [1.82, 2.24) is 0 Å². The van der Waals surface area contributed by atoms with Gasteiger partial charge < -0.3 is 10.1 Å². The predicted octanol–water partition coefficient (Wildman–Crippen LogP) is 4.23. The molecule has 1 aromatic heterocycles. The summed E-state index contributed by atoms with van der Waals surface area (Å²) >= 11 is 6.54. The number of ether oxygens (including phenoxy) is 1. The number of halogens is 1. The molecule has 1 aromatic carbocycles. The summed E-state index contributed by atoms with van der Waals surface area (Å²) in [4.78, 5) is 24.6. The number of nitrogens with one attached hydrogen (secondary N) is 1. The Balaban J connectivity index is 1.67. The minimum Gasteiger partial charge on any atom is -0.455 e. The van der Waals surface area contributed by atoms with Crippen molar-refractivity contribution in [3.05, 3.63) is 50.6 Å². The van der Waals surface area contributed by atoms with Crippen molar-refractivity contribution < 1.29 is 14.3 Å². The zero-order valence-corrected chi connectivity index (χ0v) is 15.7. The highest BCUT2D eigenvalue weighted by atomic mass is 79.9. The van der Waals surface area contributed by atoms with Crippen LogP contribution in [0.4, 0.5) is 5.69 Å². The molecule has 0 aliphatic heterocycles. The third-order valence-corrected chi connectivity index (χ3v) is 5.73. The maximum absolute atomic E-state index is 11.8.